The highest BCUT2D eigenvalue weighted by Crippen LogP contribution is 2.34. The van der Waals surface area contributed by atoms with Crippen LogP contribution in [0.5, 0.6) is 5.75 Å². The molecule has 4 aromatic rings. The van der Waals surface area contributed by atoms with Gasteiger partial charge in [0.25, 0.3) is 10.0 Å². The first-order valence-corrected chi connectivity index (χ1v) is 11.8. The van der Waals surface area contributed by atoms with Crippen molar-refractivity contribution in [1.29, 1.82) is 0 Å². The zero-order valence-corrected chi connectivity index (χ0v) is 19.2. The van der Waals surface area contributed by atoms with E-state index in [2.05, 4.69) is 9.46 Å². The molecule has 3 aromatic carbocycles. The van der Waals surface area contributed by atoms with Gasteiger partial charge in [-0.25, -0.2) is 13.2 Å². The molecule has 0 aliphatic heterocycles. The lowest BCUT2D eigenvalue weighted by atomic mass is 10.0. The topological polar surface area (TPSA) is 85.6 Å². The van der Waals surface area contributed by atoms with Crippen LogP contribution in [0.1, 0.15) is 16.7 Å². The van der Waals surface area contributed by atoms with Crippen LogP contribution in [0.25, 0.3) is 11.0 Å². The molecule has 6 nitrogen and oxygen atoms in total. The summed E-state index contributed by atoms with van der Waals surface area (Å²) in [4.78, 5) is 11.3. The minimum Gasteiger partial charge on any atom is -0.423 e. The molecule has 0 spiro atoms. The van der Waals surface area contributed by atoms with Gasteiger partial charge in [0.2, 0.25) is 0 Å². The maximum absolute atomic E-state index is 13.4. The van der Waals surface area contributed by atoms with E-state index in [1.165, 1.54) is 54.6 Å². The van der Waals surface area contributed by atoms with Crippen LogP contribution in [-0.4, -0.2) is 14.8 Å². The van der Waals surface area contributed by atoms with Gasteiger partial charge in [-0.3, -0.25) is 4.72 Å². The highest BCUT2D eigenvalue weighted by Gasteiger charge is 2.34. The van der Waals surface area contributed by atoms with Crippen molar-refractivity contribution >= 4 is 26.7 Å². The van der Waals surface area contributed by atoms with Crippen molar-refractivity contribution < 1.29 is 43.9 Å². The third kappa shape index (κ3) is 6.42. The molecule has 13 heteroatoms. The van der Waals surface area contributed by atoms with Crippen LogP contribution in [0.2, 0.25) is 0 Å². The number of alkyl halides is 6. The van der Waals surface area contributed by atoms with Crippen molar-refractivity contribution in [3.8, 4) is 5.75 Å². The molecule has 1 aromatic heterocycles. The van der Waals surface area contributed by atoms with Gasteiger partial charge in [0.1, 0.15) is 11.3 Å². The van der Waals surface area contributed by atoms with Crippen LogP contribution in [0.4, 0.5) is 32.0 Å². The number of fused-ring (bicyclic) bond motifs is 1. The van der Waals surface area contributed by atoms with Gasteiger partial charge in [-0.05, 0) is 53.9 Å². The highest BCUT2D eigenvalue weighted by atomic mass is 32.2. The maximum atomic E-state index is 13.4. The first kappa shape index (κ1) is 26.1. The smallest absolute Gasteiger partial charge is 0.423 e. The normalized spacial score (nSPS) is 12.5. The molecular formula is C24H15F6NO5S. The van der Waals surface area contributed by atoms with Crippen molar-refractivity contribution in [1.82, 2.24) is 0 Å². The molecule has 0 aliphatic rings. The summed E-state index contributed by atoms with van der Waals surface area (Å²) >= 11 is 0. The molecule has 194 valence electrons. The lowest BCUT2D eigenvalue weighted by molar-refractivity contribution is -0.274. The summed E-state index contributed by atoms with van der Waals surface area (Å²) in [5, 5.41) is -0.287. The molecule has 1 heterocycles. The SMILES string of the molecule is O=c1cc(C(F)(F)F)c2cc(Cc3ccc(S(=O)(=O)Nc4cccc(OC(F)(F)F)c4)cc3)ccc2o1. The van der Waals surface area contributed by atoms with E-state index in [0.29, 0.717) is 17.2 Å². The van der Waals surface area contributed by atoms with Gasteiger partial charge in [-0.15, -0.1) is 13.2 Å². The summed E-state index contributed by atoms with van der Waals surface area (Å²) < 4.78 is 113. The fourth-order valence-electron chi connectivity index (χ4n) is 3.55. The summed E-state index contributed by atoms with van der Waals surface area (Å²) in [5.41, 5.74) is -1.63. The van der Waals surface area contributed by atoms with Crippen LogP contribution >= 0.6 is 0 Å². The lowest BCUT2D eigenvalue weighted by Crippen LogP contribution is -2.17. The maximum Gasteiger partial charge on any atom is 0.573 e. The molecule has 0 aliphatic carbocycles. The Morgan fingerprint density at radius 2 is 1.51 bits per heavy atom. The van der Waals surface area contributed by atoms with Crippen molar-refractivity contribution in [2.45, 2.75) is 23.9 Å². The molecule has 0 amide bonds. The van der Waals surface area contributed by atoms with Crippen molar-refractivity contribution in [2.75, 3.05) is 4.72 Å². The molecule has 0 atom stereocenters. The Morgan fingerprint density at radius 1 is 0.838 bits per heavy atom. The summed E-state index contributed by atoms with van der Waals surface area (Å²) in [5.74, 6) is -0.605. The number of sulfonamides is 1. The Hall–Kier alpha value is -4.00. The number of rotatable bonds is 6. The van der Waals surface area contributed by atoms with Crippen LogP contribution in [0, 0.1) is 0 Å². The van der Waals surface area contributed by atoms with Gasteiger partial charge in [-0.2, -0.15) is 13.2 Å². The van der Waals surface area contributed by atoms with E-state index in [1.807, 2.05) is 0 Å². The standard InChI is InChI=1S/C24H15F6NO5S/c25-23(26,27)20-13-22(32)35-21-9-6-15(11-19(20)21)10-14-4-7-18(8-5-14)37(33,34)31-16-2-1-3-17(12-16)36-24(28,29)30/h1-9,11-13,31H,10H2. The van der Waals surface area contributed by atoms with E-state index in [4.69, 9.17) is 4.42 Å². The second-order valence-corrected chi connectivity index (χ2v) is 9.49. The fourth-order valence-corrected chi connectivity index (χ4v) is 4.60. The second kappa shape index (κ2) is 9.47. The molecule has 0 fully saturated rings. The zero-order valence-electron chi connectivity index (χ0n) is 18.4. The van der Waals surface area contributed by atoms with E-state index in [0.717, 1.165) is 12.1 Å². The van der Waals surface area contributed by atoms with Crippen molar-refractivity contribution in [2.24, 2.45) is 0 Å². The van der Waals surface area contributed by atoms with Crippen LogP contribution in [-0.2, 0) is 22.6 Å². The minimum atomic E-state index is -4.94. The number of nitrogens with one attached hydrogen (secondary N) is 1. The second-order valence-electron chi connectivity index (χ2n) is 7.81. The van der Waals surface area contributed by atoms with Gasteiger partial charge in [0, 0.05) is 17.5 Å². The van der Waals surface area contributed by atoms with Crippen LogP contribution in [0.3, 0.4) is 0 Å². The Kier molecular flexibility index (Phi) is 6.67. The summed E-state index contributed by atoms with van der Waals surface area (Å²) in [7, 11) is -4.17. The molecule has 0 saturated heterocycles. The molecule has 0 bridgehead atoms. The monoisotopic (exact) mass is 543 g/mol. The third-order valence-electron chi connectivity index (χ3n) is 5.07. The van der Waals surface area contributed by atoms with E-state index in [-0.39, 0.29) is 28.0 Å². The summed E-state index contributed by atoms with van der Waals surface area (Å²) in [6.07, 6.45) is -9.58. The van der Waals surface area contributed by atoms with Crippen molar-refractivity contribution in [3.63, 3.8) is 0 Å². The first-order chi connectivity index (χ1) is 17.2. The Bertz CT molecular complexity index is 1610. The summed E-state index contributed by atoms with van der Waals surface area (Å²) in [6.45, 7) is 0. The third-order valence-corrected chi connectivity index (χ3v) is 6.47. The van der Waals surface area contributed by atoms with Gasteiger partial charge in [0.15, 0.2) is 0 Å². The minimum absolute atomic E-state index is 0.136. The van der Waals surface area contributed by atoms with Crippen LogP contribution in [0.15, 0.2) is 86.9 Å². The van der Waals surface area contributed by atoms with Crippen LogP contribution < -0.4 is 15.1 Å². The summed E-state index contributed by atoms with van der Waals surface area (Å²) in [6, 6.07) is 14.0. The number of hydrogen-bond acceptors (Lipinski definition) is 5. The fraction of sp³-hybridized carbons (Fsp3) is 0.125. The Balaban J connectivity index is 1.54. The largest absolute Gasteiger partial charge is 0.573 e. The van der Waals surface area contributed by atoms with Gasteiger partial charge in [-0.1, -0.05) is 24.3 Å². The van der Waals surface area contributed by atoms with E-state index >= 15 is 0 Å². The lowest BCUT2D eigenvalue weighted by Gasteiger charge is -2.12. The molecule has 4 rings (SSSR count). The zero-order chi connectivity index (χ0) is 27.0. The molecule has 0 saturated carbocycles. The number of benzene rings is 3. The molecule has 0 unspecified atom stereocenters. The average Bonchev–Trinajstić information content (AvgIpc) is 2.77. The van der Waals surface area contributed by atoms with E-state index in [1.54, 1.807) is 0 Å². The predicted molar refractivity (Wildman–Crippen MR) is 121 cm³/mol. The Labute approximate surface area is 205 Å². The van der Waals surface area contributed by atoms with E-state index in [9.17, 15) is 39.6 Å². The molecule has 0 radical (unpaired) electrons. The van der Waals surface area contributed by atoms with Gasteiger partial charge < -0.3 is 9.15 Å². The average molecular weight is 543 g/mol. The first-order valence-electron chi connectivity index (χ1n) is 10.3. The quantitative estimate of drug-likeness (QED) is 0.235. The molecule has 37 heavy (non-hydrogen) atoms. The number of ether oxygens (including phenoxy) is 1. The predicted octanol–water partition coefficient (Wildman–Crippen LogP) is 6.10. The highest BCUT2D eigenvalue weighted by molar-refractivity contribution is 7.92. The van der Waals surface area contributed by atoms with Gasteiger partial charge in [0.05, 0.1) is 16.1 Å². The number of halogens is 6. The molecular weight excluding hydrogens is 528 g/mol. The Morgan fingerprint density at radius 3 is 2.16 bits per heavy atom. The molecule has 1 N–H and O–H groups in total. The van der Waals surface area contributed by atoms with Gasteiger partial charge >= 0.3 is 18.2 Å². The number of hydrogen-bond donors (Lipinski definition) is 1. The van der Waals surface area contributed by atoms with E-state index < -0.39 is 39.5 Å². The van der Waals surface area contributed by atoms with Crippen molar-refractivity contribution in [3.05, 3.63) is 99.9 Å². The number of anilines is 1.